The number of carbonyl (C=O) groups is 2. The standard InChI is InChI=1S/C21H12Cl2FNO3S/c22-16-3-1-2-15(19(16)23)17-9-8-14(28-17)10-18-20(26)25(21(27)29-18)11-12-4-6-13(24)7-5-12/h1-10H,11H2/b18-10-. The molecule has 1 fully saturated rings. The largest absolute Gasteiger partial charge is 0.457 e. The molecule has 146 valence electrons. The van der Waals surface area contributed by atoms with E-state index < -0.39 is 11.1 Å². The summed E-state index contributed by atoms with van der Waals surface area (Å²) in [5.74, 6) is 0.0943. The molecule has 0 N–H and O–H groups in total. The molecule has 4 rings (SSSR count). The molecule has 0 bridgehead atoms. The molecule has 0 saturated carbocycles. The Morgan fingerprint density at radius 3 is 2.55 bits per heavy atom. The Bertz CT molecular complexity index is 1140. The minimum Gasteiger partial charge on any atom is -0.457 e. The van der Waals surface area contributed by atoms with E-state index in [-0.39, 0.29) is 17.3 Å². The summed E-state index contributed by atoms with van der Waals surface area (Å²) in [7, 11) is 0. The third-order valence-electron chi connectivity index (χ3n) is 4.24. The molecule has 1 aliphatic rings. The van der Waals surface area contributed by atoms with Crippen molar-refractivity contribution in [2.24, 2.45) is 0 Å². The van der Waals surface area contributed by atoms with Gasteiger partial charge in [0.05, 0.1) is 21.5 Å². The number of nitrogens with zero attached hydrogens (tertiary/aromatic N) is 1. The minimum absolute atomic E-state index is 0.0732. The van der Waals surface area contributed by atoms with Crippen molar-refractivity contribution in [3.05, 3.63) is 86.7 Å². The van der Waals surface area contributed by atoms with Crippen molar-refractivity contribution in [2.45, 2.75) is 6.54 Å². The molecule has 1 saturated heterocycles. The molecule has 0 spiro atoms. The number of thioether (sulfide) groups is 1. The van der Waals surface area contributed by atoms with Crippen LogP contribution in [0.4, 0.5) is 9.18 Å². The van der Waals surface area contributed by atoms with Gasteiger partial charge in [-0.1, -0.05) is 41.4 Å². The van der Waals surface area contributed by atoms with Crippen molar-refractivity contribution >= 4 is 52.2 Å². The zero-order chi connectivity index (χ0) is 20.5. The maximum atomic E-state index is 13.0. The van der Waals surface area contributed by atoms with Crippen molar-refractivity contribution in [3.63, 3.8) is 0 Å². The summed E-state index contributed by atoms with van der Waals surface area (Å²) in [5.41, 5.74) is 1.29. The molecule has 4 nitrogen and oxygen atoms in total. The number of rotatable bonds is 4. The summed E-state index contributed by atoms with van der Waals surface area (Å²) in [6.07, 6.45) is 1.51. The summed E-state index contributed by atoms with van der Waals surface area (Å²) >= 11 is 13.1. The molecule has 1 aromatic heterocycles. The number of imide groups is 1. The number of furan rings is 1. The molecule has 2 aromatic carbocycles. The van der Waals surface area contributed by atoms with Gasteiger partial charge in [-0.15, -0.1) is 0 Å². The van der Waals surface area contributed by atoms with Crippen LogP contribution in [0.25, 0.3) is 17.4 Å². The van der Waals surface area contributed by atoms with Crippen LogP contribution in [0.1, 0.15) is 11.3 Å². The normalized spacial score (nSPS) is 15.6. The highest BCUT2D eigenvalue weighted by molar-refractivity contribution is 8.18. The topological polar surface area (TPSA) is 50.5 Å². The Hall–Kier alpha value is -2.54. The van der Waals surface area contributed by atoms with Gasteiger partial charge in [0.2, 0.25) is 0 Å². The molecule has 0 aliphatic carbocycles. The van der Waals surface area contributed by atoms with Crippen molar-refractivity contribution in [1.82, 2.24) is 4.90 Å². The first-order valence-electron chi connectivity index (χ1n) is 8.46. The predicted molar refractivity (Wildman–Crippen MR) is 112 cm³/mol. The van der Waals surface area contributed by atoms with Gasteiger partial charge in [-0.05, 0) is 53.7 Å². The van der Waals surface area contributed by atoms with Gasteiger partial charge < -0.3 is 4.42 Å². The fourth-order valence-electron chi connectivity index (χ4n) is 2.81. The second-order valence-corrected chi connectivity index (χ2v) is 7.98. The number of hydrogen-bond donors (Lipinski definition) is 0. The van der Waals surface area contributed by atoms with E-state index in [9.17, 15) is 14.0 Å². The summed E-state index contributed by atoms with van der Waals surface area (Å²) < 4.78 is 18.8. The second-order valence-electron chi connectivity index (χ2n) is 6.20. The maximum Gasteiger partial charge on any atom is 0.293 e. The minimum atomic E-state index is -0.428. The van der Waals surface area contributed by atoms with Crippen LogP contribution in [-0.2, 0) is 11.3 Å². The first kappa shape index (κ1) is 19.8. The van der Waals surface area contributed by atoms with Crippen LogP contribution in [0.3, 0.4) is 0 Å². The van der Waals surface area contributed by atoms with Crippen LogP contribution in [0.2, 0.25) is 10.0 Å². The number of halogens is 3. The Morgan fingerprint density at radius 1 is 1.03 bits per heavy atom. The monoisotopic (exact) mass is 447 g/mol. The second kappa shape index (κ2) is 8.06. The van der Waals surface area contributed by atoms with E-state index in [0.717, 1.165) is 16.7 Å². The molecular formula is C21H12Cl2FNO3S. The lowest BCUT2D eigenvalue weighted by Gasteiger charge is -2.12. The zero-order valence-corrected chi connectivity index (χ0v) is 17.0. The van der Waals surface area contributed by atoms with Crippen LogP contribution in [0.15, 0.2) is 63.9 Å². The van der Waals surface area contributed by atoms with Crippen LogP contribution >= 0.6 is 35.0 Å². The van der Waals surface area contributed by atoms with E-state index in [2.05, 4.69) is 0 Å². The predicted octanol–water partition coefficient (Wildman–Crippen LogP) is 6.63. The highest BCUT2D eigenvalue weighted by atomic mass is 35.5. The van der Waals surface area contributed by atoms with Crippen LogP contribution in [-0.4, -0.2) is 16.0 Å². The molecule has 0 atom stereocenters. The van der Waals surface area contributed by atoms with Crippen molar-refractivity contribution < 1.29 is 18.4 Å². The molecule has 3 aromatic rings. The van der Waals surface area contributed by atoms with Crippen LogP contribution in [0, 0.1) is 5.82 Å². The van der Waals surface area contributed by atoms with E-state index in [1.54, 1.807) is 30.3 Å². The van der Waals surface area contributed by atoms with E-state index >= 15 is 0 Å². The van der Waals surface area contributed by atoms with Gasteiger partial charge in [-0.25, -0.2) is 4.39 Å². The Balaban J connectivity index is 1.55. The van der Waals surface area contributed by atoms with E-state index in [1.807, 2.05) is 0 Å². The van der Waals surface area contributed by atoms with E-state index in [0.29, 0.717) is 32.7 Å². The van der Waals surface area contributed by atoms with Crippen molar-refractivity contribution in [3.8, 4) is 11.3 Å². The van der Waals surface area contributed by atoms with Gasteiger partial charge in [0.15, 0.2) is 0 Å². The van der Waals surface area contributed by atoms with Crippen LogP contribution in [0.5, 0.6) is 0 Å². The van der Waals surface area contributed by atoms with Gasteiger partial charge in [0.1, 0.15) is 17.3 Å². The summed E-state index contributed by atoms with van der Waals surface area (Å²) in [6.45, 7) is 0.0732. The van der Waals surface area contributed by atoms with Gasteiger partial charge in [0, 0.05) is 11.6 Å². The quantitative estimate of drug-likeness (QED) is 0.421. The lowest BCUT2D eigenvalue weighted by atomic mass is 10.2. The Kier molecular flexibility index (Phi) is 5.50. The number of carbonyl (C=O) groups excluding carboxylic acids is 2. The van der Waals surface area contributed by atoms with E-state index in [1.165, 1.54) is 30.3 Å². The average Bonchev–Trinajstić information content (AvgIpc) is 3.26. The van der Waals surface area contributed by atoms with Crippen LogP contribution < -0.4 is 0 Å². The lowest BCUT2D eigenvalue weighted by Crippen LogP contribution is -2.27. The molecule has 0 radical (unpaired) electrons. The molecule has 0 unspecified atom stereocenters. The van der Waals surface area contributed by atoms with Gasteiger partial charge in [0.25, 0.3) is 11.1 Å². The molecule has 2 heterocycles. The first-order chi connectivity index (χ1) is 13.9. The summed E-state index contributed by atoms with van der Waals surface area (Å²) in [5, 5.41) is 0.383. The highest BCUT2D eigenvalue weighted by Crippen LogP contribution is 2.37. The highest BCUT2D eigenvalue weighted by Gasteiger charge is 2.35. The first-order valence-corrected chi connectivity index (χ1v) is 10.0. The number of hydrogen-bond acceptors (Lipinski definition) is 4. The Labute approximate surface area is 179 Å². The molecule has 8 heteroatoms. The zero-order valence-electron chi connectivity index (χ0n) is 14.7. The summed E-state index contributed by atoms with van der Waals surface area (Å²) in [6, 6.07) is 14.2. The lowest BCUT2D eigenvalue weighted by molar-refractivity contribution is -0.123. The van der Waals surface area contributed by atoms with Crippen molar-refractivity contribution in [2.75, 3.05) is 0 Å². The molecule has 2 amide bonds. The smallest absolute Gasteiger partial charge is 0.293 e. The third kappa shape index (κ3) is 4.10. The Morgan fingerprint density at radius 2 is 1.79 bits per heavy atom. The number of benzene rings is 2. The molecule has 29 heavy (non-hydrogen) atoms. The van der Waals surface area contributed by atoms with Crippen molar-refractivity contribution in [1.29, 1.82) is 0 Å². The van der Waals surface area contributed by atoms with E-state index in [4.69, 9.17) is 27.6 Å². The summed E-state index contributed by atoms with van der Waals surface area (Å²) in [4.78, 5) is 26.2. The van der Waals surface area contributed by atoms with Gasteiger partial charge >= 0.3 is 0 Å². The fraction of sp³-hybridized carbons (Fsp3) is 0.0476. The fourth-order valence-corrected chi connectivity index (χ4v) is 4.02. The van der Waals surface area contributed by atoms with Gasteiger partial charge in [-0.3, -0.25) is 14.5 Å². The third-order valence-corrected chi connectivity index (χ3v) is 5.97. The average molecular weight is 448 g/mol. The maximum absolute atomic E-state index is 13.0. The number of amides is 2. The SMILES string of the molecule is O=C1S/C(=C\c2ccc(-c3cccc(Cl)c3Cl)o2)C(=O)N1Cc1ccc(F)cc1. The van der Waals surface area contributed by atoms with Gasteiger partial charge in [-0.2, -0.15) is 0 Å². The molecular weight excluding hydrogens is 436 g/mol. The molecule has 1 aliphatic heterocycles.